The summed E-state index contributed by atoms with van der Waals surface area (Å²) in [5.74, 6) is 0. The average Bonchev–Trinajstić information content (AvgIpc) is 2.67. The third-order valence-electron chi connectivity index (χ3n) is 2.49. The van der Waals surface area contributed by atoms with Crippen molar-refractivity contribution in [3.8, 4) is 0 Å². The minimum Gasteiger partial charge on any atom is -0.383 e. The highest BCUT2D eigenvalue weighted by atomic mass is 32.1. The summed E-state index contributed by atoms with van der Waals surface area (Å²) in [5, 5.41) is 0. The number of methoxy groups -OCH3 is 1. The molecule has 0 aromatic carbocycles. The Morgan fingerprint density at radius 3 is 3.11 bits per heavy atom. The van der Waals surface area contributed by atoms with Gasteiger partial charge in [0.2, 0.25) is 0 Å². The van der Waals surface area contributed by atoms with E-state index in [4.69, 9.17) is 17.0 Å². The highest BCUT2D eigenvalue weighted by molar-refractivity contribution is 7.73. The zero-order chi connectivity index (χ0) is 13.1. The van der Waals surface area contributed by atoms with Gasteiger partial charge in [0.15, 0.2) is 9.60 Å². The summed E-state index contributed by atoms with van der Waals surface area (Å²) in [5.41, 5.74) is 0.555. The van der Waals surface area contributed by atoms with Gasteiger partial charge >= 0.3 is 0 Å². The van der Waals surface area contributed by atoms with Crippen LogP contribution in [0.5, 0.6) is 0 Å². The van der Waals surface area contributed by atoms with Gasteiger partial charge in [0, 0.05) is 13.7 Å². The Labute approximate surface area is 113 Å². The van der Waals surface area contributed by atoms with Gasteiger partial charge in [-0.05, 0) is 12.2 Å². The maximum absolute atomic E-state index is 12.2. The number of nitrogens with zero attached hydrogens (tertiary/aromatic N) is 3. The van der Waals surface area contributed by atoms with Crippen molar-refractivity contribution in [3.63, 3.8) is 0 Å². The molecule has 0 amide bonds. The van der Waals surface area contributed by atoms with Gasteiger partial charge < -0.3 is 9.30 Å². The van der Waals surface area contributed by atoms with Crippen LogP contribution < -0.4 is 5.56 Å². The Bertz CT molecular complexity index is 684. The molecule has 0 aliphatic heterocycles. The fourth-order valence-corrected chi connectivity index (χ4v) is 2.93. The fraction of sp³-hybridized carbons (Fsp3) is 0.364. The first-order valence-electron chi connectivity index (χ1n) is 5.37. The van der Waals surface area contributed by atoms with E-state index in [-0.39, 0.29) is 5.56 Å². The average molecular weight is 283 g/mol. The predicted molar refractivity (Wildman–Crippen MR) is 74.8 cm³/mol. The number of allylic oxidation sites excluding steroid dienone is 1. The second kappa shape index (κ2) is 5.55. The summed E-state index contributed by atoms with van der Waals surface area (Å²) in [6.07, 6.45) is 3.27. The molecule has 0 saturated carbocycles. The van der Waals surface area contributed by atoms with E-state index in [2.05, 4.69) is 11.6 Å². The second-order valence-corrected chi connectivity index (χ2v) is 5.30. The van der Waals surface area contributed by atoms with Crippen LogP contribution in [0.4, 0.5) is 0 Å². The summed E-state index contributed by atoms with van der Waals surface area (Å²) in [4.78, 5) is 16.5. The number of hydrogen-bond donors (Lipinski definition) is 0. The summed E-state index contributed by atoms with van der Waals surface area (Å²) in [6, 6.07) is 0. The minimum atomic E-state index is -0.0732. The number of aromatic nitrogens is 3. The van der Waals surface area contributed by atoms with E-state index >= 15 is 0 Å². The Kier molecular flexibility index (Phi) is 4.05. The van der Waals surface area contributed by atoms with Crippen molar-refractivity contribution in [2.75, 3.05) is 13.7 Å². The number of rotatable bonds is 5. The van der Waals surface area contributed by atoms with Gasteiger partial charge in [-0.15, -0.1) is 6.58 Å². The first kappa shape index (κ1) is 13.1. The van der Waals surface area contributed by atoms with E-state index in [1.54, 1.807) is 13.2 Å². The van der Waals surface area contributed by atoms with E-state index in [9.17, 15) is 4.79 Å². The standard InChI is InChI=1S/C11H13N3O2S2/c1-3-4-14-9-8(18-11(14)17)10(15)13(7-12-9)5-6-16-2/h3,7H,1,4-6H2,2H3. The molecule has 0 N–H and O–H groups in total. The van der Waals surface area contributed by atoms with Crippen molar-refractivity contribution in [1.29, 1.82) is 0 Å². The lowest BCUT2D eigenvalue weighted by Crippen LogP contribution is -2.22. The molecule has 18 heavy (non-hydrogen) atoms. The molecule has 0 radical (unpaired) electrons. The lowest BCUT2D eigenvalue weighted by molar-refractivity contribution is 0.186. The lowest BCUT2D eigenvalue weighted by Gasteiger charge is -2.04. The monoisotopic (exact) mass is 283 g/mol. The molecular formula is C11H13N3O2S2. The van der Waals surface area contributed by atoms with Gasteiger partial charge in [-0.1, -0.05) is 17.4 Å². The quantitative estimate of drug-likeness (QED) is 0.620. The summed E-state index contributed by atoms with van der Waals surface area (Å²) >= 11 is 6.52. The lowest BCUT2D eigenvalue weighted by atomic mass is 10.5. The maximum atomic E-state index is 12.2. The van der Waals surface area contributed by atoms with Crippen LogP contribution in [0.15, 0.2) is 23.8 Å². The van der Waals surface area contributed by atoms with E-state index in [0.29, 0.717) is 34.0 Å². The maximum Gasteiger partial charge on any atom is 0.273 e. The second-order valence-electron chi connectivity index (χ2n) is 3.66. The van der Waals surface area contributed by atoms with Crippen LogP contribution in [0.2, 0.25) is 0 Å². The molecule has 0 fully saturated rings. The SMILES string of the molecule is C=CCn1c(=S)sc2c(=O)n(CCOC)cnc21. The Balaban J connectivity index is 2.59. The topological polar surface area (TPSA) is 49.0 Å². The zero-order valence-electron chi connectivity index (χ0n) is 9.96. The van der Waals surface area contributed by atoms with Crippen LogP contribution in [0.25, 0.3) is 10.3 Å². The van der Waals surface area contributed by atoms with Crippen LogP contribution in [-0.4, -0.2) is 27.8 Å². The summed E-state index contributed by atoms with van der Waals surface area (Å²) < 4.78 is 9.53. The largest absolute Gasteiger partial charge is 0.383 e. The third kappa shape index (κ3) is 2.29. The van der Waals surface area contributed by atoms with Crippen molar-refractivity contribution in [2.24, 2.45) is 0 Å². The first-order chi connectivity index (χ1) is 8.69. The molecule has 2 heterocycles. The van der Waals surface area contributed by atoms with E-state index < -0.39 is 0 Å². The first-order valence-corrected chi connectivity index (χ1v) is 6.60. The molecular weight excluding hydrogens is 270 g/mol. The van der Waals surface area contributed by atoms with Crippen molar-refractivity contribution in [3.05, 3.63) is 33.3 Å². The van der Waals surface area contributed by atoms with Crippen LogP contribution in [0, 0.1) is 3.95 Å². The van der Waals surface area contributed by atoms with Crippen molar-refractivity contribution < 1.29 is 4.74 Å². The van der Waals surface area contributed by atoms with Gasteiger partial charge in [-0.25, -0.2) is 4.98 Å². The minimum absolute atomic E-state index is 0.0732. The van der Waals surface area contributed by atoms with E-state index in [0.717, 1.165) is 0 Å². The van der Waals surface area contributed by atoms with Crippen LogP contribution >= 0.6 is 23.6 Å². The fourth-order valence-electron chi connectivity index (χ4n) is 1.61. The Hall–Kier alpha value is -1.31. The number of thiazole rings is 1. The normalized spacial score (nSPS) is 10.9. The van der Waals surface area contributed by atoms with E-state index in [1.807, 2.05) is 4.57 Å². The van der Waals surface area contributed by atoms with Crippen LogP contribution in [-0.2, 0) is 17.8 Å². The molecule has 2 rings (SSSR count). The third-order valence-corrected chi connectivity index (χ3v) is 3.92. The molecule has 0 aliphatic carbocycles. The Morgan fingerprint density at radius 2 is 2.44 bits per heavy atom. The number of fused-ring (bicyclic) bond motifs is 1. The van der Waals surface area contributed by atoms with E-state index in [1.165, 1.54) is 22.2 Å². The molecule has 7 heteroatoms. The number of ether oxygens (including phenoxy) is 1. The van der Waals surface area contributed by atoms with Gasteiger partial charge in [-0.2, -0.15) is 0 Å². The molecule has 0 saturated heterocycles. The smallest absolute Gasteiger partial charge is 0.273 e. The molecule has 0 atom stereocenters. The molecule has 5 nitrogen and oxygen atoms in total. The highest BCUT2D eigenvalue weighted by Crippen LogP contribution is 2.17. The van der Waals surface area contributed by atoms with Crippen LogP contribution in [0.3, 0.4) is 0 Å². The highest BCUT2D eigenvalue weighted by Gasteiger charge is 2.10. The molecule has 2 aromatic heterocycles. The van der Waals surface area contributed by atoms with Crippen molar-refractivity contribution in [2.45, 2.75) is 13.1 Å². The molecule has 96 valence electrons. The van der Waals surface area contributed by atoms with Crippen molar-refractivity contribution in [1.82, 2.24) is 14.1 Å². The molecule has 0 bridgehead atoms. The molecule has 0 aliphatic rings. The van der Waals surface area contributed by atoms with Gasteiger partial charge in [0.05, 0.1) is 13.2 Å². The van der Waals surface area contributed by atoms with Crippen molar-refractivity contribution >= 4 is 33.9 Å². The van der Waals surface area contributed by atoms with Gasteiger partial charge in [0.25, 0.3) is 5.56 Å². The van der Waals surface area contributed by atoms with Gasteiger partial charge in [-0.3, -0.25) is 9.36 Å². The molecule has 0 spiro atoms. The van der Waals surface area contributed by atoms with Crippen LogP contribution in [0.1, 0.15) is 0 Å². The summed E-state index contributed by atoms with van der Waals surface area (Å²) in [6.45, 7) is 5.21. The molecule has 2 aromatic rings. The van der Waals surface area contributed by atoms with Gasteiger partial charge in [0.1, 0.15) is 11.0 Å². The predicted octanol–water partition coefficient (Wildman–Crippen LogP) is 1.82. The molecule has 0 unspecified atom stereocenters. The Morgan fingerprint density at radius 1 is 1.67 bits per heavy atom. The zero-order valence-corrected chi connectivity index (χ0v) is 11.6. The summed E-state index contributed by atoms with van der Waals surface area (Å²) in [7, 11) is 1.60. The number of hydrogen-bond acceptors (Lipinski definition) is 5.